The fraction of sp³-hybridized carbons (Fsp3) is 0.571. The Morgan fingerprint density at radius 1 is 1.35 bits per heavy atom. The minimum absolute atomic E-state index is 0.818. The van der Waals surface area contributed by atoms with Crippen LogP contribution in [0.1, 0.15) is 8.87 Å². The number of halogens is 3. The molecule has 1 aromatic rings. The summed E-state index contributed by atoms with van der Waals surface area (Å²) in [5, 5.41) is 0. The molecule has 0 saturated heterocycles. The second kappa shape index (κ2) is 6.87. The first-order valence-electron chi connectivity index (χ1n) is 3.95. The van der Waals surface area contributed by atoms with Gasteiger partial charge in [-0.2, -0.15) is 13.2 Å². The van der Waals surface area contributed by atoms with Gasteiger partial charge in [0, 0.05) is 0 Å². The molecular formula is C7H9F3O3SSe3. The Balaban J connectivity index is 0.000000304. The van der Waals surface area contributed by atoms with Gasteiger partial charge in [-0.15, -0.1) is 0 Å². The van der Waals surface area contributed by atoms with Crippen molar-refractivity contribution in [3.63, 3.8) is 0 Å². The summed E-state index contributed by atoms with van der Waals surface area (Å²) in [5.74, 6) is 2.34. The molecule has 1 aromatic heterocycles. The third-order valence-electron chi connectivity index (χ3n) is 1.42. The number of aryl methyl sites for hydroxylation is 2. The molecule has 17 heavy (non-hydrogen) atoms. The van der Waals surface area contributed by atoms with Gasteiger partial charge in [0.2, 0.25) is 0 Å². The number of alkyl halides is 3. The van der Waals surface area contributed by atoms with Crippen molar-refractivity contribution in [2.24, 2.45) is 0 Å². The zero-order chi connectivity index (χ0) is 13.9. The third kappa shape index (κ3) is 6.55. The maximum atomic E-state index is 10.7. The summed E-state index contributed by atoms with van der Waals surface area (Å²) in [4.78, 5) is 0. The van der Waals surface area contributed by atoms with E-state index in [4.69, 9.17) is 13.0 Å². The first-order valence-corrected chi connectivity index (χ1v) is 11.4. The van der Waals surface area contributed by atoms with E-state index in [1.54, 1.807) is 8.87 Å². The maximum Gasteiger partial charge on any atom is 0.485 e. The fourth-order valence-electron chi connectivity index (χ4n) is 0.498. The average molecular weight is 467 g/mol. The van der Waals surface area contributed by atoms with E-state index in [9.17, 15) is 13.2 Å². The third-order valence-corrected chi connectivity index (χ3v) is 13.9. The maximum absolute atomic E-state index is 10.7. The molecule has 0 radical (unpaired) electrons. The predicted molar refractivity (Wildman–Crippen MR) is 61.2 cm³/mol. The van der Waals surface area contributed by atoms with Crippen molar-refractivity contribution in [3.8, 4) is 0 Å². The van der Waals surface area contributed by atoms with Gasteiger partial charge in [0.15, 0.2) is 10.1 Å². The molecule has 0 fully saturated rings. The van der Waals surface area contributed by atoms with Crippen LogP contribution in [0.3, 0.4) is 0 Å². The molecule has 0 aliphatic carbocycles. The van der Waals surface area contributed by atoms with Crippen LogP contribution in [0, 0.1) is 13.8 Å². The minimum Gasteiger partial charge on any atom is -0.741 e. The quantitative estimate of drug-likeness (QED) is 0.336. The summed E-state index contributed by atoms with van der Waals surface area (Å²) >= 11 is 2.48. The van der Waals surface area contributed by atoms with Crippen LogP contribution >= 0.6 is 0 Å². The average Bonchev–Trinajstić information content (AvgIpc) is 2.44. The monoisotopic (exact) mass is 470 g/mol. The van der Waals surface area contributed by atoms with Gasteiger partial charge in [-0.3, -0.25) is 0 Å². The van der Waals surface area contributed by atoms with Crippen LogP contribution in [0.5, 0.6) is 0 Å². The molecule has 10 heteroatoms. The van der Waals surface area contributed by atoms with Crippen molar-refractivity contribution in [2.45, 2.75) is 25.2 Å². The molecule has 0 unspecified atom stereocenters. The van der Waals surface area contributed by atoms with E-state index < -0.39 is 15.6 Å². The molecule has 0 aliphatic rings. The summed E-state index contributed by atoms with van der Waals surface area (Å²) < 4.78 is 64.2. The summed E-state index contributed by atoms with van der Waals surface area (Å²) in [6, 6.07) is 0. The molecular weight excluding hydrogens is 458 g/mol. The molecule has 1 heterocycles. The van der Waals surface area contributed by atoms with Gasteiger partial charge in [-0.25, -0.2) is 8.42 Å². The van der Waals surface area contributed by atoms with Gasteiger partial charge in [0.25, 0.3) is 0 Å². The van der Waals surface area contributed by atoms with Crippen molar-refractivity contribution >= 4 is 56.3 Å². The van der Waals surface area contributed by atoms with E-state index in [-0.39, 0.29) is 0 Å². The van der Waals surface area contributed by atoms with Crippen molar-refractivity contribution in [1.82, 2.24) is 0 Å². The molecule has 1 rings (SSSR count). The van der Waals surface area contributed by atoms with Crippen LogP contribution in [-0.4, -0.2) is 62.4 Å². The number of hydrogen-bond donors (Lipinski definition) is 0. The van der Waals surface area contributed by atoms with E-state index in [0.717, 1.165) is 44.0 Å². The van der Waals surface area contributed by atoms with Crippen LogP contribution in [-0.2, 0) is 10.1 Å². The molecule has 0 atom stereocenters. The van der Waals surface area contributed by atoms with Crippen LogP contribution < -0.4 is 2.21 Å². The van der Waals surface area contributed by atoms with Gasteiger partial charge in [0.05, 0.1) is 0 Å². The van der Waals surface area contributed by atoms with Crippen LogP contribution in [0.15, 0.2) is 0 Å². The Labute approximate surface area is 116 Å². The zero-order valence-corrected chi connectivity index (χ0v) is 14.9. The Bertz CT molecular complexity index is 447. The Kier molecular flexibility index (Phi) is 7.22. The van der Waals surface area contributed by atoms with Gasteiger partial charge < -0.3 is 4.55 Å². The molecule has 0 amide bonds. The Morgan fingerprint density at radius 2 is 1.76 bits per heavy atom. The molecule has 0 aromatic carbocycles. The summed E-state index contributed by atoms with van der Waals surface area (Å²) in [6.45, 7) is 4.60. The molecule has 0 N–H and O–H groups in total. The minimum atomic E-state index is -6.09. The molecule has 0 bridgehead atoms. The predicted octanol–water partition coefficient (Wildman–Crippen LogP) is 0.128. The smallest absolute Gasteiger partial charge is 0.485 e. The normalized spacial score (nSPS) is 11.9. The topological polar surface area (TPSA) is 57.2 Å². The van der Waals surface area contributed by atoms with Crippen molar-refractivity contribution in [2.75, 3.05) is 0 Å². The van der Waals surface area contributed by atoms with Crippen molar-refractivity contribution < 1.29 is 26.1 Å². The largest absolute Gasteiger partial charge is 0.741 e. The number of hydrogen-bond acceptors (Lipinski definition) is 3. The zero-order valence-electron chi connectivity index (χ0n) is 8.99. The van der Waals surface area contributed by atoms with E-state index in [2.05, 4.69) is 19.7 Å². The summed E-state index contributed by atoms with van der Waals surface area (Å²) in [6.07, 6.45) is 0. The molecule has 0 saturated carbocycles. The SMILES string of the molecule is C[Se]c1[se]c(C)c(C)[se+]1.O=S(=O)([O-])C(F)(F)F. The van der Waals surface area contributed by atoms with Gasteiger partial charge in [-0.05, 0) is 0 Å². The van der Waals surface area contributed by atoms with Crippen molar-refractivity contribution in [3.05, 3.63) is 8.87 Å². The molecule has 0 spiro atoms. The first-order chi connectivity index (χ1) is 7.49. The molecule has 100 valence electrons. The van der Waals surface area contributed by atoms with Gasteiger partial charge in [0.1, 0.15) is 0 Å². The van der Waals surface area contributed by atoms with Crippen LogP contribution in [0.2, 0.25) is 5.82 Å². The second-order valence-electron chi connectivity index (χ2n) is 2.67. The van der Waals surface area contributed by atoms with E-state index in [1.807, 2.05) is 2.21 Å². The van der Waals surface area contributed by atoms with Crippen LogP contribution in [0.4, 0.5) is 13.2 Å². The van der Waals surface area contributed by atoms with E-state index in [0.29, 0.717) is 0 Å². The van der Waals surface area contributed by atoms with Gasteiger partial charge in [-0.1, -0.05) is 0 Å². The number of rotatable bonds is 1. The molecule has 0 aliphatic heterocycles. The summed E-state index contributed by atoms with van der Waals surface area (Å²) in [5.41, 5.74) is -5.65. The fourth-order valence-corrected chi connectivity index (χ4v) is 11.2. The Hall–Kier alpha value is 0.868. The second-order valence-corrected chi connectivity index (χ2v) is 14.8. The van der Waals surface area contributed by atoms with Crippen LogP contribution in [0.25, 0.3) is 0 Å². The molecule has 3 nitrogen and oxygen atoms in total. The van der Waals surface area contributed by atoms with Crippen molar-refractivity contribution in [1.29, 1.82) is 0 Å². The summed E-state index contributed by atoms with van der Waals surface area (Å²) in [7, 11) is -6.09. The van der Waals surface area contributed by atoms with E-state index in [1.165, 1.54) is 0 Å². The van der Waals surface area contributed by atoms with Gasteiger partial charge >= 0.3 is 80.2 Å². The Morgan fingerprint density at radius 3 is 1.88 bits per heavy atom. The first kappa shape index (κ1) is 17.9. The standard InChI is InChI=1S/C6H9Se3.CHF3O3S/c1-4-5(2)9-6(7-3)8-4;2-1(3,4)8(5,6)7/h1-3H3;(H,5,6,7)/q+1;/p-1. The van der Waals surface area contributed by atoms with E-state index >= 15 is 0 Å².